The third-order valence-electron chi connectivity index (χ3n) is 4.33. The highest BCUT2D eigenvalue weighted by atomic mass is 35.5. The van der Waals surface area contributed by atoms with Crippen molar-refractivity contribution in [3.05, 3.63) is 70.5 Å². The fourth-order valence-corrected chi connectivity index (χ4v) is 3.14. The van der Waals surface area contributed by atoms with Crippen LogP contribution in [0, 0.1) is 5.82 Å². The first-order chi connectivity index (χ1) is 11.5. The van der Waals surface area contributed by atoms with Crippen LogP contribution in [0.25, 0.3) is 0 Å². The molecule has 0 aromatic heterocycles. The van der Waals surface area contributed by atoms with Crippen molar-refractivity contribution < 1.29 is 14.0 Å². The van der Waals surface area contributed by atoms with Gasteiger partial charge in [-0.05, 0) is 35.7 Å². The fraction of sp³-hybridized carbons (Fsp3) is 0.222. The monoisotopic (exact) mass is 346 g/mol. The maximum Gasteiger partial charge on any atom is 0.325 e. The van der Waals surface area contributed by atoms with Gasteiger partial charge >= 0.3 is 6.03 Å². The number of imide groups is 1. The van der Waals surface area contributed by atoms with Crippen molar-refractivity contribution in [2.24, 2.45) is 0 Å². The molecule has 4 nitrogen and oxygen atoms in total. The number of benzene rings is 2. The van der Waals surface area contributed by atoms with Gasteiger partial charge in [0.25, 0.3) is 5.91 Å². The molecule has 0 bridgehead atoms. The summed E-state index contributed by atoms with van der Waals surface area (Å²) in [5, 5.41) is 3.26. The zero-order valence-corrected chi connectivity index (χ0v) is 13.8. The Morgan fingerprint density at radius 3 is 2.42 bits per heavy atom. The SMILES string of the molecule is CC[C@]1(c2ccc(F)cc2)NC(=O)N(Cc2ccccc2Cl)C1=O. The molecule has 1 aliphatic heterocycles. The largest absolute Gasteiger partial charge is 0.325 e. The number of nitrogens with one attached hydrogen (secondary N) is 1. The number of amides is 3. The molecule has 1 saturated heterocycles. The molecule has 0 unspecified atom stereocenters. The molecule has 6 heteroatoms. The number of hydrogen-bond acceptors (Lipinski definition) is 2. The van der Waals surface area contributed by atoms with Crippen LogP contribution in [-0.2, 0) is 16.9 Å². The molecular weight excluding hydrogens is 331 g/mol. The van der Waals surface area contributed by atoms with Crippen molar-refractivity contribution in [3.63, 3.8) is 0 Å². The van der Waals surface area contributed by atoms with Gasteiger partial charge in [-0.1, -0.05) is 48.9 Å². The summed E-state index contributed by atoms with van der Waals surface area (Å²) in [7, 11) is 0. The molecule has 124 valence electrons. The standard InChI is InChI=1S/C18H16ClFN2O2/c1-2-18(13-7-9-14(20)10-8-13)16(23)22(17(24)21-18)11-12-5-3-4-6-15(12)19/h3-10H,2,11H2,1H3,(H,21,24)/t18-/m1/s1. The maximum absolute atomic E-state index is 13.2. The van der Waals surface area contributed by atoms with Crippen LogP contribution in [-0.4, -0.2) is 16.8 Å². The highest BCUT2D eigenvalue weighted by molar-refractivity contribution is 6.31. The molecule has 0 radical (unpaired) electrons. The Kier molecular flexibility index (Phi) is 4.28. The van der Waals surface area contributed by atoms with E-state index in [0.717, 1.165) is 4.90 Å². The third-order valence-corrected chi connectivity index (χ3v) is 4.70. The molecule has 2 aromatic rings. The van der Waals surface area contributed by atoms with E-state index >= 15 is 0 Å². The van der Waals surface area contributed by atoms with Crippen LogP contribution in [0.2, 0.25) is 5.02 Å². The molecule has 1 atom stereocenters. The molecule has 0 aliphatic carbocycles. The van der Waals surface area contributed by atoms with Crippen LogP contribution < -0.4 is 5.32 Å². The quantitative estimate of drug-likeness (QED) is 0.855. The number of nitrogens with zero attached hydrogens (tertiary/aromatic N) is 1. The molecule has 1 aliphatic rings. The van der Waals surface area contributed by atoms with Crippen molar-refractivity contribution >= 4 is 23.5 Å². The molecule has 1 heterocycles. The lowest BCUT2D eigenvalue weighted by Crippen LogP contribution is -2.43. The molecule has 1 N–H and O–H groups in total. The second-order valence-electron chi connectivity index (χ2n) is 5.68. The van der Waals surface area contributed by atoms with Gasteiger partial charge in [-0.2, -0.15) is 0 Å². The van der Waals surface area contributed by atoms with E-state index in [4.69, 9.17) is 11.6 Å². The van der Waals surface area contributed by atoms with Crippen LogP contribution in [0.1, 0.15) is 24.5 Å². The Morgan fingerprint density at radius 2 is 1.79 bits per heavy atom. The minimum absolute atomic E-state index is 0.0906. The highest BCUT2D eigenvalue weighted by Gasteiger charge is 2.51. The van der Waals surface area contributed by atoms with Gasteiger partial charge in [-0.15, -0.1) is 0 Å². The van der Waals surface area contributed by atoms with Crippen LogP contribution in [0.3, 0.4) is 0 Å². The van der Waals surface area contributed by atoms with Gasteiger partial charge in [0.05, 0.1) is 6.54 Å². The zero-order valence-electron chi connectivity index (χ0n) is 13.1. The highest BCUT2D eigenvalue weighted by Crippen LogP contribution is 2.33. The predicted molar refractivity (Wildman–Crippen MR) is 88.9 cm³/mol. The lowest BCUT2D eigenvalue weighted by Gasteiger charge is -2.25. The first-order valence-corrected chi connectivity index (χ1v) is 7.99. The fourth-order valence-electron chi connectivity index (χ4n) is 2.94. The van der Waals surface area contributed by atoms with Crippen molar-refractivity contribution in [2.45, 2.75) is 25.4 Å². The Labute approximate surface area is 144 Å². The molecule has 0 spiro atoms. The number of urea groups is 1. The summed E-state index contributed by atoms with van der Waals surface area (Å²) in [6, 6.07) is 12.2. The second kappa shape index (κ2) is 6.24. The van der Waals surface area contributed by atoms with Crippen LogP contribution >= 0.6 is 11.6 Å². The second-order valence-corrected chi connectivity index (χ2v) is 6.09. The third kappa shape index (κ3) is 2.65. The Morgan fingerprint density at radius 1 is 1.12 bits per heavy atom. The average molecular weight is 347 g/mol. The van der Waals surface area contributed by atoms with Gasteiger partial charge in [-0.3, -0.25) is 9.69 Å². The topological polar surface area (TPSA) is 49.4 Å². The number of halogens is 2. The van der Waals surface area contributed by atoms with Crippen molar-refractivity contribution in [1.29, 1.82) is 0 Å². The smallest absolute Gasteiger partial charge is 0.319 e. The van der Waals surface area contributed by atoms with E-state index in [0.29, 0.717) is 22.6 Å². The number of carbonyl (C=O) groups excluding carboxylic acids is 2. The van der Waals surface area contributed by atoms with Crippen molar-refractivity contribution in [2.75, 3.05) is 0 Å². The molecule has 1 fully saturated rings. The first kappa shape index (κ1) is 16.5. The summed E-state index contributed by atoms with van der Waals surface area (Å²) >= 11 is 6.13. The molecule has 3 rings (SSSR count). The zero-order chi connectivity index (χ0) is 17.3. The lowest BCUT2D eigenvalue weighted by atomic mass is 9.87. The van der Waals surface area contributed by atoms with Crippen molar-refractivity contribution in [3.8, 4) is 0 Å². The molecule has 24 heavy (non-hydrogen) atoms. The number of hydrogen-bond donors (Lipinski definition) is 1. The molecule has 2 aromatic carbocycles. The Balaban J connectivity index is 1.95. The van der Waals surface area contributed by atoms with E-state index in [9.17, 15) is 14.0 Å². The van der Waals surface area contributed by atoms with Gasteiger partial charge in [0.1, 0.15) is 11.4 Å². The summed E-state index contributed by atoms with van der Waals surface area (Å²) in [4.78, 5) is 26.5. The van der Waals surface area contributed by atoms with Crippen molar-refractivity contribution in [1.82, 2.24) is 10.2 Å². The molecular formula is C18H16ClFN2O2. The minimum Gasteiger partial charge on any atom is -0.319 e. The summed E-state index contributed by atoms with van der Waals surface area (Å²) in [6.07, 6.45) is 0.363. The molecule has 3 amide bonds. The van der Waals surface area contributed by atoms with Gasteiger partial charge in [0, 0.05) is 5.02 Å². The van der Waals surface area contributed by atoms with E-state index in [-0.39, 0.29) is 12.5 Å². The van der Waals surface area contributed by atoms with E-state index in [2.05, 4.69) is 5.32 Å². The van der Waals surface area contributed by atoms with Gasteiger partial charge in [0.2, 0.25) is 0 Å². The van der Waals surface area contributed by atoms with Gasteiger partial charge in [-0.25, -0.2) is 9.18 Å². The lowest BCUT2D eigenvalue weighted by molar-refractivity contribution is -0.132. The summed E-state index contributed by atoms with van der Waals surface area (Å²) in [6.45, 7) is 1.90. The Bertz CT molecular complexity index is 794. The van der Waals surface area contributed by atoms with Crippen LogP contribution in [0.5, 0.6) is 0 Å². The normalized spacial score (nSPS) is 20.4. The van der Waals surface area contributed by atoms with E-state index in [1.165, 1.54) is 24.3 Å². The average Bonchev–Trinajstić information content (AvgIpc) is 2.82. The van der Waals surface area contributed by atoms with Crippen LogP contribution in [0.4, 0.5) is 9.18 Å². The van der Waals surface area contributed by atoms with E-state index < -0.39 is 17.4 Å². The number of rotatable bonds is 4. The minimum atomic E-state index is -1.17. The Hall–Kier alpha value is -2.40. The van der Waals surface area contributed by atoms with E-state index in [1.54, 1.807) is 31.2 Å². The van der Waals surface area contributed by atoms with Gasteiger partial charge < -0.3 is 5.32 Å². The maximum atomic E-state index is 13.2. The van der Waals surface area contributed by atoms with Gasteiger partial charge in [0.15, 0.2) is 0 Å². The number of carbonyl (C=O) groups is 2. The van der Waals surface area contributed by atoms with Crippen LogP contribution in [0.15, 0.2) is 48.5 Å². The first-order valence-electron chi connectivity index (χ1n) is 7.61. The summed E-state index contributed by atoms with van der Waals surface area (Å²) in [5.74, 6) is -0.753. The van der Waals surface area contributed by atoms with E-state index in [1.807, 2.05) is 0 Å². The summed E-state index contributed by atoms with van der Waals surface area (Å²) < 4.78 is 13.2. The summed E-state index contributed by atoms with van der Waals surface area (Å²) in [5.41, 5.74) is 0.0755. The molecule has 0 saturated carbocycles. The predicted octanol–water partition coefficient (Wildman–Crippen LogP) is 3.84.